The Morgan fingerprint density at radius 3 is 0.512 bits per heavy atom. The van der Waals surface area contributed by atoms with E-state index in [2.05, 4.69) is 74.4 Å². The maximum absolute atomic E-state index is 13.8. The van der Waals surface area contributed by atoms with Crippen LogP contribution in [0.1, 0.15) is 296 Å². The number of primary amides is 1. The number of rotatable bonds is 69. The fourth-order valence-corrected chi connectivity index (χ4v) is 13.9. The molecule has 0 aliphatic carbocycles. The molecular weight excluding hydrogens is 1560 g/mol. The molecule has 36 nitrogen and oxygen atoms in total. The summed E-state index contributed by atoms with van der Waals surface area (Å²) in [6.45, 7) is 29.1. The molecule has 0 saturated heterocycles. The molecule has 0 saturated carbocycles. The summed E-state index contributed by atoms with van der Waals surface area (Å²) in [5.41, 5.74) is 40.0. The Kier molecular flexibility index (Phi) is 60.2. The number of carbonyl (C=O) groups is 15. The van der Waals surface area contributed by atoms with E-state index in [4.69, 9.17) is 40.1 Å². The van der Waals surface area contributed by atoms with Gasteiger partial charge in [-0.05, 0) is 161 Å². The molecule has 28 N–H and O–H groups in total. The molecule has 0 spiro atoms. The number of unbranched alkanes of at least 4 members (excludes halogenated alkanes) is 5. The standard InChI is InChI=1S/C85H163N21O15/c1-51(2)66(46-71(92)107)102-77(113)42-62(27-17-22-32-87)98-73(109)37-57(12)93-83(119)48-68(53(5)6)104-79(115)44-64(29-19-24-34-89)100-75(111)39-59(14)95-85(121)50-70(55(9)10)106-81(117)45-65(30-20-25-35-90)101-76(112)40-60(15)96-84(120)49-69(54(7)8)105-80(116)43-63(28-18-23-33-88)99-74(110)38-58(13)94-82(118)47-67(52(3)4)103-78(114)41-61(26-16-21-31-86)97-72(108)36-56(11)91/h51-70H,16-50,86-91H2,1-15H3,(H2,92,107)(H,93,119)(H,94,118)(H,95,121)(H,96,120)(H,97,108)(H,98,109)(H,99,110)(H,100,111)(H,101,112)(H,102,113)(H,103,114)(H,104,115)(H,105,116)(H,106,117)/t56-,57-,58-,59-,60-,61-,62-,63-,64-,65-,66+,67+,68+,69+,70+/m0/s1. The van der Waals surface area contributed by atoms with Crippen molar-refractivity contribution in [3.63, 3.8) is 0 Å². The largest absolute Gasteiger partial charge is 0.370 e. The fourth-order valence-electron chi connectivity index (χ4n) is 13.9. The number of hydrogen-bond acceptors (Lipinski definition) is 21. The molecule has 0 aliphatic heterocycles. The van der Waals surface area contributed by atoms with Gasteiger partial charge in [-0.3, -0.25) is 71.9 Å². The van der Waals surface area contributed by atoms with Crippen LogP contribution < -0.4 is 115 Å². The van der Waals surface area contributed by atoms with E-state index in [-0.39, 0.29) is 161 Å². The van der Waals surface area contributed by atoms with Crippen LogP contribution in [0.3, 0.4) is 0 Å². The van der Waals surface area contributed by atoms with Crippen molar-refractivity contribution in [1.82, 2.24) is 74.4 Å². The third-order valence-electron chi connectivity index (χ3n) is 20.9. The molecular formula is C85H163N21O15. The van der Waals surface area contributed by atoms with E-state index in [1.54, 1.807) is 34.6 Å². The third kappa shape index (κ3) is 57.7. The monoisotopic (exact) mass is 1720 g/mol. The Morgan fingerprint density at radius 1 is 0.198 bits per heavy atom. The van der Waals surface area contributed by atoms with E-state index in [0.29, 0.717) is 123 Å². The highest BCUT2D eigenvalue weighted by molar-refractivity contribution is 5.87. The first kappa shape index (κ1) is 113. The maximum atomic E-state index is 13.8. The van der Waals surface area contributed by atoms with Crippen LogP contribution in [0.15, 0.2) is 0 Å². The molecule has 15 atom stereocenters. The molecule has 698 valence electrons. The van der Waals surface area contributed by atoms with Crippen LogP contribution >= 0.6 is 0 Å². The highest BCUT2D eigenvalue weighted by Gasteiger charge is 2.32. The minimum Gasteiger partial charge on any atom is -0.370 e. The van der Waals surface area contributed by atoms with Crippen LogP contribution in [-0.4, -0.2) is 212 Å². The van der Waals surface area contributed by atoms with Crippen LogP contribution in [0.2, 0.25) is 0 Å². The number of carbonyl (C=O) groups excluding carboxylic acids is 15. The molecule has 0 unspecified atom stereocenters. The summed E-state index contributed by atoms with van der Waals surface area (Å²) in [6, 6.07) is -8.62. The number of nitrogens with one attached hydrogen (secondary N) is 14. The van der Waals surface area contributed by atoms with Crippen LogP contribution in [0.4, 0.5) is 0 Å². The first-order valence-electron chi connectivity index (χ1n) is 44.6. The minimum atomic E-state index is -0.666. The molecule has 0 aromatic carbocycles. The molecule has 0 aromatic rings. The molecule has 0 heterocycles. The van der Waals surface area contributed by atoms with Gasteiger partial charge in [0.25, 0.3) is 0 Å². The highest BCUT2D eigenvalue weighted by atomic mass is 16.2. The summed E-state index contributed by atoms with van der Waals surface area (Å²) in [7, 11) is 0. The van der Waals surface area contributed by atoms with E-state index in [1.165, 1.54) is 0 Å². The molecule has 15 amide bonds. The van der Waals surface area contributed by atoms with Gasteiger partial charge in [0, 0.05) is 187 Å². The van der Waals surface area contributed by atoms with E-state index in [1.807, 2.05) is 69.2 Å². The first-order valence-corrected chi connectivity index (χ1v) is 44.6. The van der Waals surface area contributed by atoms with Gasteiger partial charge in [0.15, 0.2) is 0 Å². The Morgan fingerprint density at radius 2 is 0.355 bits per heavy atom. The van der Waals surface area contributed by atoms with Crippen LogP contribution in [0.5, 0.6) is 0 Å². The van der Waals surface area contributed by atoms with Gasteiger partial charge in [0.1, 0.15) is 0 Å². The molecule has 0 bridgehead atoms. The van der Waals surface area contributed by atoms with Crippen molar-refractivity contribution in [3.05, 3.63) is 0 Å². The van der Waals surface area contributed by atoms with Crippen LogP contribution in [0, 0.1) is 29.6 Å². The summed E-state index contributed by atoms with van der Waals surface area (Å²) in [5.74, 6) is -6.79. The average Bonchev–Trinajstić information content (AvgIpc) is 0.906. The lowest BCUT2D eigenvalue weighted by molar-refractivity contribution is -0.128. The lowest BCUT2D eigenvalue weighted by Gasteiger charge is -2.26. The fraction of sp³-hybridized carbons (Fsp3) is 0.824. The lowest BCUT2D eigenvalue weighted by Crippen LogP contribution is -2.48. The normalized spacial score (nSPS) is 15.2. The molecule has 0 aromatic heterocycles. The topological polar surface area (TPSA) is 607 Å². The van der Waals surface area contributed by atoms with E-state index in [0.717, 1.165) is 6.42 Å². The van der Waals surface area contributed by atoms with Crippen molar-refractivity contribution < 1.29 is 71.9 Å². The van der Waals surface area contributed by atoms with Gasteiger partial charge in [-0.25, -0.2) is 0 Å². The quantitative estimate of drug-likeness (QED) is 0.0383. The number of amides is 15. The maximum Gasteiger partial charge on any atom is 0.222 e. The summed E-state index contributed by atoms with van der Waals surface area (Å²) in [5, 5.41) is 40.8. The SMILES string of the molecule is CC(C)[C@@H](CC(N)=O)NC(=O)C[C@H](CCCCN)NC(=O)C[C@H](C)NC(=O)C[C@@H](NC(=O)C[C@H](CCCCN)NC(=O)C[C@H](C)NC(=O)C[C@@H](NC(=O)C[C@H](CCCCN)NC(=O)C[C@H](C)NC(=O)C[C@@H](NC(=O)C[C@H](CCCCN)NC(=O)C[C@H](C)NC(=O)C[C@@H](NC(=O)C[C@H](CCCCN)NC(=O)C[C@H](C)N)C(C)C)C(C)C)C(C)C)C(C)C. The summed E-state index contributed by atoms with van der Waals surface area (Å²) in [6.07, 6.45) is 7.58. The lowest BCUT2D eigenvalue weighted by atomic mass is 9.98. The molecule has 36 heteroatoms. The average molecular weight is 1720 g/mol. The second-order valence-electron chi connectivity index (χ2n) is 35.2. The Labute approximate surface area is 721 Å². The second kappa shape index (κ2) is 64.6. The molecule has 0 aliphatic rings. The van der Waals surface area contributed by atoms with Gasteiger partial charge in [-0.2, -0.15) is 0 Å². The number of nitrogens with two attached hydrogens (primary N) is 7. The molecule has 0 fully saturated rings. The van der Waals surface area contributed by atoms with Gasteiger partial charge in [0.05, 0.1) is 0 Å². The van der Waals surface area contributed by atoms with Gasteiger partial charge in [0.2, 0.25) is 88.6 Å². The predicted molar refractivity (Wildman–Crippen MR) is 471 cm³/mol. The van der Waals surface area contributed by atoms with Crippen molar-refractivity contribution >= 4 is 88.6 Å². The third-order valence-corrected chi connectivity index (χ3v) is 20.9. The summed E-state index contributed by atoms with van der Waals surface area (Å²) in [4.78, 5) is 200. The first-order chi connectivity index (χ1) is 56.9. The Balaban J connectivity index is 5.74. The van der Waals surface area contributed by atoms with Gasteiger partial charge in [-0.15, -0.1) is 0 Å². The Bertz CT molecular complexity index is 3110. The smallest absolute Gasteiger partial charge is 0.222 e. The van der Waals surface area contributed by atoms with E-state index in [9.17, 15) is 71.9 Å². The van der Waals surface area contributed by atoms with Crippen molar-refractivity contribution in [2.24, 2.45) is 69.7 Å². The highest BCUT2D eigenvalue weighted by Crippen LogP contribution is 2.18. The van der Waals surface area contributed by atoms with Crippen molar-refractivity contribution in [3.8, 4) is 0 Å². The minimum absolute atomic E-state index is 0.00629. The summed E-state index contributed by atoms with van der Waals surface area (Å²) >= 11 is 0. The zero-order valence-electron chi connectivity index (χ0n) is 76.0. The van der Waals surface area contributed by atoms with Crippen molar-refractivity contribution in [2.75, 3.05) is 32.7 Å². The Hall–Kier alpha value is -8.19. The van der Waals surface area contributed by atoms with Crippen LogP contribution in [-0.2, 0) is 71.9 Å². The van der Waals surface area contributed by atoms with Gasteiger partial charge >= 0.3 is 0 Å². The summed E-state index contributed by atoms with van der Waals surface area (Å²) < 4.78 is 0. The van der Waals surface area contributed by atoms with Crippen LogP contribution in [0.25, 0.3) is 0 Å². The molecule has 0 radical (unpaired) electrons. The zero-order valence-corrected chi connectivity index (χ0v) is 76.0. The van der Waals surface area contributed by atoms with Gasteiger partial charge < -0.3 is 115 Å². The van der Waals surface area contributed by atoms with E-state index < -0.39 is 144 Å². The predicted octanol–water partition coefficient (Wildman–Crippen LogP) is 1.46. The van der Waals surface area contributed by atoms with Crippen molar-refractivity contribution in [2.45, 2.75) is 387 Å². The number of hydrogen-bond donors (Lipinski definition) is 21. The van der Waals surface area contributed by atoms with Crippen molar-refractivity contribution in [1.29, 1.82) is 0 Å². The zero-order chi connectivity index (χ0) is 91.9. The van der Waals surface area contributed by atoms with E-state index >= 15 is 0 Å². The molecule has 121 heavy (non-hydrogen) atoms. The molecule has 0 rings (SSSR count). The second-order valence-corrected chi connectivity index (χ2v) is 35.2. The van der Waals surface area contributed by atoms with Gasteiger partial charge in [-0.1, -0.05) is 101 Å².